The number of aliphatic carboxylic acids is 1. The number of carbonyl (C=O) groups excluding carboxylic acids is 2. The highest BCUT2D eigenvalue weighted by atomic mass is 16.5. The van der Waals surface area contributed by atoms with Gasteiger partial charge in [-0.15, -0.1) is 0 Å². The number of rotatable bonds is 7. The van der Waals surface area contributed by atoms with Crippen LogP contribution in [0.5, 0.6) is 0 Å². The SMILES string of the molecule is O=C(O)CC1CN(C(=O)C(NC(=O)OCC2c3ccccc3-c3ccccc32)C2CC2)CCO1. The van der Waals surface area contributed by atoms with Gasteiger partial charge in [-0.05, 0) is 41.0 Å². The molecule has 8 heteroatoms. The third-order valence-corrected chi connectivity index (χ3v) is 6.83. The number of ether oxygens (including phenoxy) is 2. The molecule has 2 aliphatic carbocycles. The van der Waals surface area contributed by atoms with Gasteiger partial charge in [-0.3, -0.25) is 9.59 Å². The number of amides is 2. The second-order valence-corrected chi connectivity index (χ2v) is 9.16. The van der Waals surface area contributed by atoms with Crippen LogP contribution in [-0.4, -0.2) is 66.4 Å². The van der Waals surface area contributed by atoms with E-state index in [0.717, 1.165) is 35.1 Å². The first-order chi connectivity index (χ1) is 16.5. The Bertz CT molecular complexity index is 1050. The Morgan fingerprint density at radius 2 is 1.71 bits per heavy atom. The van der Waals surface area contributed by atoms with Crippen LogP contribution in [0, 0.1) is 5.92 Å². The van der Waals surface area contributed by atoms with E-state index in [-0.39, 0.29) is 43.9 Å². The zero-order valence-corrected chi connectivity index (χ0v) is 18.8. The molecule has 0 spiro atoms. The molecule has 178 valence electrons. The highest BCUT2D eigenvalue weighted by Gasteiger charge is 2.41. The lowest BCUT2D eigenvalue weighted by molar-refractivity contribution is -0.148. The number of fused-ring (bicyclic) bond motifs is 3. The summed E-state index contributed by atoms with van der Waals surface area (Å²) in [7, 11) is 0. The van der Waals surface area contributed by atoms with Crippen molar-refractivity contribution in [2.75, 3.05) is 26.3 Å². The van der Waals surface area contributed by atoms with Crippen molar-refractivity contribution < 1.29 is 29.0 Å². The van der Waals surface area contributed by atoms with Gasteiger partial charge in [0, 0.05) is 19.0 Å². The molecule has 8 nitrogen and oxygen atoms in total. The second kappa shape index (κ2) is 9.46. The number of hydrogen-bond acceptors (Lipinski definition) is 5. The molecule has 2 fully saturated rings. The topological polar surface area (TPSA) is 105 Å². The number of benzene rings is 2. The number of alkyl carbamates (subject to hydrolysis) is 1. The van der Waals surface area contributed by atoms with E-state index in [1.54, 1.807) is 4.90 Å². The fraction of sp³-hybridized carbons (Fsp3) is 0.423. The second-order valence-electron chi connectivity index (χ2n) is 9.16. The molecule has 2 aromatic carbocycles. The van der Waals surface area contributed by atoms with Crippen molar-refractivity contribution in [3.63, 3.8) is 0 Å². The van der Waals surface area contributed by atoms with Crippen molar-refractivity contribution in [1.82, 2.24) is 10.2 Å². The van der Waals surface area contributed by atoms with Crippen molar-refractivity contribution in [1.29, 1.82) is 0 Å². The molecule has 3 aliphatic rings. The average Bonchev–Trinajstić information content (AvgIpc) is 3.63. The molecule has 2 unspecified atom stereocenters. The van der Waals surface area contributed by atoms with Gasteiger partial charge in [0.2, 0.25) is 5.91 Å². The third-order valence-electron chi connectivity index (χ3n) is 6.83. The number of morpholine rings is 1. The lowest BCUT2D eigenvalue weighted by atomic mass is 9.98. The number of carboxylic acid groups (broad SMARTS) is 1. The molecule has 5 rings (SSSR count). The van der Waals surface area contributed by atoms with Crippen LogP contribution in [0.15, 0.2) is 48.5 Å². The molecule has 1 saturated heterocycles. The van der Waals surface area contributed by atoms with Crippen molar-refractivity contribution >= 4 is 18.0 Å². The summed E-state index contributed by atoms with van der Waals surface area (Å²) in [5.41, 5.74) is 4.57. The van der Waals surface area contributed by atoms with Crippen molar-refractivity contribution in [3.8, 4) is 11.1 Å². The highest BCUT2D eigenvalue weighted by Crippen LogP contribution is 2.44. The number of carbonyl (C=O) groups is 3. The fourth-order valence-corrected chi connectivity index (χ4v) is 5.01. The maximum Gasteiger partial charge on any atom is 0.407 e. The zero-order valence-electron chi connectivity index (χ0n) is 18.8. The predicted molar refractivity (Wildman–Crippen MR) is 123 cm³/mol. The van der Waals surface area contributed by atoms with E-state index in [2.05, 4.69) is 29.6 Å². The molecule has 34 heavy (non-hydrogen) atoms. The third kappa shape index (κ3) is 4.63. The lowest BCUT2D eigenvalue weighted by Crippen LogP contribution is -2.54. The van der Waals surface area contributed by atoms with Crippen LogP contribution < -0.4 is 5.32 Å². The summed E-state index contributed by atoms with van der Waals surface area (Å²) in [6.07, 6.45) is 0.427. The molecular weight excluding hydrogens is 436 g/mol. The molecule has 2 amide bonds. The van der Waals surface area contributed by atoms with Crippen LogP contribution in [0.25, 0.3) is 11.1 Å². The van der Waals surface area contributed by atoms with Gasteiger partial charge in [0.1, 0.15) is 12.6 Å². The first-order valence-corrected chi connectivity index (χ1v) is 11.7. The zero-order chi connectivity index (χ0) is 23.7. The Labute approximate surface area is 197 Å². The standard InChI is InChI=1S/C26H28N2O6/c29-23(30)13-17-14-28(11-12-33-17)25(31)24(16-9-10-16)27-26(32)34-15-22-20-7-3-1-5-18(20)19-6-2-4-8-21(19)22/h1-8,16-17,22,24H,9-15H2,(H,27,32)(H,29,30). The van der Waals surface area contributed by atoms with E-state index < -0.39 is 24.2 Å². The van der Waals surface area contributed by atoms with Gasteiger partial charge in [0.15, 0.2) is 0 Å². The lowest BCUT2D eigenvalue weighted by Gasteiger charge is -2.34. The first-order valence-electron chi connectivity index (χ1n) is 11.7. The Morgan fingerprint density at radius 3 is 2.32 bits per heavy atom. The molecule has 2 aromatic rings. The largest absolute Gasteiger partial charge is 0.481 e. The van der Waals surface area contributed by atoms with Gasteiger partial charge in [0.25, 0.3) is 0 Å². The molecule has 1 aliphatic heterocycles. The summed E-state index contributed by atoms with van der Waals surface area (Å²) >= 11 is 0. The Kier molecular flexibility index (Phi) is 6.24. The summed E-state index contributed by atoms with van der Waals surface area (Å²) < 4.78 is 11.1. The molecule has 2 N–H and O–H groups in total. The molecule has 0 aromatic heterocycles. The summed E-state index contributed by atoms with van der Waals surface area (Å²) in [4.78, 5) is 38.6. The molecule has 2 atom stereocenters. The van der Waals surface area contributed by atoms with E-state index in [0.29, 0.717) is 6.54 Å². The average molecular weight is 465 g/mol. The number of nitrogens with one attached hydrogen (secondary N) is 1. The predicted octanol–water partition coefficient (Wildman–Crippen LogP) is 3.01. The molecule has 0 bridgehead atoms. The monoisotopic (exact) mass is 464 g/mol. The van der Waals surface area contributed by atoms with Crippen molar-refractivity contribution in [2.45, 2.75) is 37.3 Å². The molecule has 1 heterocycles. The minimum atomic E-state index is -0.963. The minimum absolute atomic E-state index is 0.0516. The van der Waals surface area contributed by atoms with E-state index in [1.165, 1.54) is 0 Å². The number of nitrogens with zero attached hydrogens (tertiary/aromatic N) is 1. The van der Waals surface area contributed by atoms with Crippen LogP contribution >= 0.6 is 0 Å². The molecule has 0 radical (unpaired) electrons. The number of carboxylic acids is 1. The van der Waals surface area contributed by atoms with E-state index in [1.807, 2.05) is 24.3 Å². The van der Waals surface area contributed by atoms with Crippen LogP contribution in [-0.2, 0) is 19.1 Å². The van der Waals surface area contributed by atoms with Crippen LogP contribution in [0.1, 0.15) is 36.3 Å². The van der Waals surface area contributed by atoms with E-state index >= 15 is 0 Å². The maximum absolute atomic E-state index is 13.2. The normalized spacial score (nSPS) is 20.2. The van der Waals surface area contributed by atoms with Gasteiger partial charge in [0.05, 0.1) is 19.1 Å². The Balaban J connectivity index is 1.22. The summed E-state index contributed by atoms with van der Waals surface area (Å²) in [5.74, 6) is -1.14. The van der Waals surface area contributed by atoms with Crippen LogP contribution in [0.2, 0.25) is 0 Å². The number of hydrogen-bond donors (Lipinski definition) is 2. The van der Waals surface area contributed by atoms with Gasteiger partial charge in [-0.25, -0.2) is 4.79 Å². The van der Waals surface area contributed by atoms with Gasteiger partial charge >= 0.3 is 12.1 Å². The molecule has 1 saturated carbocycles. The smallest absolute Gasteiger partial charge is 0.407 e. The van der Waals surface area contributed by atoms with Crippen LogP contribution in [0.4, 0.5) is 4.79 Å². The summed E-state index contributed by atoms with van der Waals surface area (Å²) in [6.45, 7) is 1.06. The Hall–Kier alpha value is -3.39. The summed E-state index contributed by atoms with van der Waals surface area (Å²) in [5, 5.41) is 11.8. The summed E-state index contributed by atoms with van der Waals surface area (Å²) in [6, 6.07) is 15.6. The van der Waals surface area contributed by atoms with Gasteiger partial charge < -0.3 is 24.8 Å². The van der Waals surface area contributed by atoms with E-state index in [4.69, 9.17) is 14.6 Å². The minimum Gasteiger partial charge on any atom is -0.481 e. The first kappa shape index (κ1) is 22.4. The Morgan fingerprint density at radius 1 is 1.06 bits per heavy atom. The van der Waals surface area contributed by atoms with E-state index in [9.17, 15) is 14.4 Å². The quantitative estimate of drug-likeness (QED) is 0.653. The van der Waals surface area contributed by atoms with Crippen LogP contribution in [0.3, 0.4) is 0 Å². The highest BCUT2D eigenvalue weighted by molar-refractivity contribution is 5.86. The van der Waals surface area contributed by atoms with Crippen molar-refractivity contribution in [2.24, 2.45) is 5.92 Å². The molecular formula is C26H28N2O6. The van der Waals surface area contributed by atoms with Gasteiger partial charge in [-0.1, -0.05) is 48.5 Å². The van der Waals surface area contributed by atoms with Gasteiger partial charge in [-0.2, -0.15) is 0 Å². The van der Waals surface area contributed by atoms with Crippen molar-refractivity contribution in [3.05, 3.63) is 59.7 Å². The maximum atomic E-state index is 13.2. The fourth-order valence-electron chi connectivity index (χ4n) is 5.01.